The third-order valence-corrected chi connectivity index (χ3v) is 5.33. The fraction of sp³-hybridized carbons (Fsp3) is 0.600. The van der Waals surface area contributed by atoms with Gasteiger partial charge in [-0.05, 0) is 31.2 Å². The minimum atomic E-state index is -0.833. The van der Waals surface area contributed by atoms with Crippen molar-refractivity contribution in [1.29, 1.82) is 0 Å². The normalized spacial score (nSPS) is 24.1. The molecule has 1 fully saturated rings. The van der Waals surface area contributed by atoms with Crippen LogP contribution in [0.15, 0.2) is 17.5 Å². The van der Waals surface area contributed by atoms with Crippen molar-refractivity contribution in [2.45, 2.75) is 38.6 Å². The maximum absolute atomic E-state index is 12.6. The van der Waals surface area contributed by atoms with E-state index >= 15 is 0 Å². The summed E-state index contributed by atoms with van der Waals surface area (Å²) in [5, 5.41) is 11.3. The van der Waals surface area contributed by atoms with Gasteiger partial charge in [-0.1, -0.05) is 18.9 Å². The lowest BCUT2D eigenvalue weighted by Gasteiger charge is -2.33. The lowest BCUT2D eigenvalue weighted by molar-refractivity contribution is -0.152. The van der Waals surface area contributed by atoms with Gasteiger partial charge in [0.05, 0.1) is 17.9 Å². The number of carboxylic acid groups (broad SMARTS) is 1. The van der Waals surface area contributed by atoms with Crippen LogP contribution in [0.3, 0.4) is 0 Å². The quantitative estimate of drug-likeness (QED) is 0.928. The second-order valence-electron chi connectivity index (χ2n) is 5.48. The van der Waals surface area contributed by atoms with Crippen molar-refractivity contribution in [3.05, 3.63) is 22.4 Å². The Morgan fingerprint density at radius 1 is 1.35 bits per heavy atom. The number of carbonyl (C=O) groups excluding carboxylic acids is 1. The van der Waals surface area contributed by atoms with Crippen LogP contribution in [0.25, 0.3) is 0 Å². The van der Waals surface area contributed by atoms with Crippen LogP contribution >= 0.6 is 11.3 Å². The molecule has 1 aromatic heterocycles. The molecule has 0 bridgehead atoms. The molecule has 1 N–H and O–H groups in total. The summed E-state index contributed by atoms with van der Waals surface area (Å²) >= 11 is 1.62. The van der Waals surface area contributed by atoms with E-state index in [0.29, 0.717) is 12.8 Å². The van der Waals surface area contributed by atoms with E-state index in [1.807, 2.05) is 24.4 Å². The first kappa shape index (κ1) is 15.0. The van der Waals surface area contributed by atoms with Crippen molar-refractivity contribution in [3.8, 4) is 0 Å². The van der Waals surface area contributed by atoms with Crippen LogP contribution < -0.4 is 0 Å². The molecule has 1 amide bonds. The summed E-state index contributed by atoms with van der Waals surface area (Å²) in [6.45, 7) is 1.99. The fourth-order valence-electron chi connectivity index (χ4n) is 2.89. The van der Waals surface area contributed by atoms with E-state index in [2.05, 4.69) is 0 Å². The van der Waals surface area contributed by atoms with E-state index in [1.54, 1.807) is 23.3 Å². The smallest absolute Gasteiger partial charge is 0.307 e. The second kappa shape index (κ2) is 6.39. The summed E-state index contributed by atoms with van der Waals surface area (Å²) in [5.41, 5.74) is 0. The van der Waals surface area contributed by atoms with Gasteiger partial charge in [-0.25, -0.2) is 0 Å². The van der Waals surface area contributed by atoms with Crippen LogP contribution in [0.4, 0.5) is 0 Å². The molecule has 1 saturated carbocycles. The molecule has 3 unspecified atom stereocenters. The van der Waals surface area contributed by atoms with Crippen molar-refractivity contribution in [2.75, 3.05) is 7.05 Å². The summed E-state index contributed by atoms with van der Waals surface area (Å²) in [5.74, 6) is -1.75. The van der Waals surface area contributed by atoms with E-state index in [9.17, 15) is 14.7 Å². The van der Waals surface area contributed by atoms with E-state index in [0.717, 1.165) is 17.7 Å². The maximum Gasteiger partial charge on any atom is 0.307 e. The van der Waals surface area contributed by atoms with Crippen molar-refractivity contribution < 1.29 is 14.7 Å². The molecule has 0 saturated heterocycles. The van der Waals surface area contributed by atoms with Crippen molar-refractivity contribution in [3.63, 3.8) is 0 Å². The second-order valence-corrected chi connectivity index (χ2v) is 6.46. The van der Waals surface area contributed by atoms with Gasteiger partial charge >= 0.3 is 5.97 Å². The molecule has 1 aromatic rings. The standard InChI is InChI=1S/C15H21NO3S/c1-10(13-8-5-9-20-13)16(2)14(17)11-6-3-4-7-12(11)15(18)19/h5,8-12H,3-4,6-7H2,1-2H3,(H,18,19). The Morgan fingerprint density at radius 2 is 2.00 bits per heavy atom. The molecule has 0 spiro atoms. The van der Waals surface area contributed by atoms with Crippen LogP contribution in [-0.4, -0.2) is 28.9 Å². The minimum absolute atomic E-state index is 0.00104. The zero-order valence-corrected chi connectivity index (χ0v) is 12.7. The number of hydrogen-bond donors (Lipinski definition) is 1. The maximum atomic E-state index is 12.6. The summed E-state index contributed by atoms with van der Waals surface area (Å²) in [6, 6.07) is 3.98. The van der Waals surface area contributed by atoms with Crippen LogP contribution in [0.1, 0.15) is 43.5 Å². The Balaban J connectivity index is 2.10. The van der Waals surface area contributed by atoms with E-state index in [1.165, 1.54) is 0 Å². The Labute approximate surface area is 123 Å². The molecule has 1 aliphatic carbocycles. The molecule has 0 aromatic carbocycles. The number of carboxylic acids is 1. The van der Waals surface area contributed by atoms with E-state index < -0.39 is 11.9 Å². The lowest BCUT2D eigenvalue weighted by atomic mass is 9.78. The predicted molar refractivity (Wildman–Crippen MR) is 78.6 cm³/mol. The topological polar surface area (TPSA) is 57.6 Å². The first-order valence-corrected chi connectivity index (χ1v) is 7.93. The molecular formula is C15H21NO3S. The molecular weight excluding hydrogens is 274 g/mol. The lowest BCUT2D eigenvalue weighted by Crippen LogP contribution is -2.41. The average Bonchev–Trinajstić information content (AvgIpc) is 2.99. The number of aliphatic carboxylic acids is 1. The van der Waals surface area contributed by atoms with E-state index in [-0.39, 0.29) is 17.9 Å². The van der Waals surface area contributed by atoms with Crippen molar-refractivity contribution in [2.24, 2.45) is 11.8 Å². The van der Waals surface area contributed by atoms with Gasteiger partial charge < -0.3 is 10.0 Å². The molecule has 110 valence electrons. The summed E-state index contributed by atoms with van der Waals surface area (Å²) in [7, 11) is 1.78. The van der Waals surface area contributed by atoms with Crippen molar-refractivity contribution >= 4 is 23.2 Å². The van der Waals surface area contributed by atoms with Crippen LogP contribution in [0.2, 0.25) is 0 Å². The Hall–Kier alpha value is -1.36. The summed E-state index contributed by atoms with van der Waals surface area (Å²) < 4.78 is 0. The van der Waals surface area contributed by atoms with E-state index in [4.69, 9.17) is 0 Å². The van der Waals surface area contributed by atoms with Gasteiger partial charge in [-0.2, -0.15) is 0 Å². The first-order chi connectivity index (χ1) is 9.52. The van der Waals surface area contributed by atoms with Gasteiger partial charge in [0.25, 0.3) is 0 Å². The monoisotopic (exact) mass is 295 g/mol. The van der Waals surface area contributed by atoms with Crippen LogP contribution in [0.5, 0.6) is 0 Å². The fourth-order valence-corrected chi connectivity index (χ4v) is 3.72. The Kier molecular flexibility index (Phi) is 4.81. The first-order valence-electron chi connectivity index (χ1n) is 7.05. The molecule has 1 heterocycles. The van der Waals surface area contributed by atoms with Gasteiger partial charge in [-0.3, -0.25) is 9.59 Å². The number of amides is 1. The number of rotatable bonds is 4. The van der Waals surface area contributed by atoms with Gasteiger partial charge in [0.1, 0.15) is 0 Å². The highest BCUT2D eigenvalue weighted by atomic mass is 32.1. The number of hydrogen-bond acceptors (Lipinski definition) is 3. The predicted octanol–water partition coefficient (Wildman–Crippen LogP) is 3.16. The Morgan fingerprint density at radius 3 is 2.55 bits per heavy atom. The number of carbonyl (C=O) groups is 2. The van der Waals surface area contributed by atoms with Gasteiger partial charge in [0.15, 0.2) is 0 Å². The molecule has 5 heteroatoms. The molecule has 4 nitrogen and oxygen atoms in total. The number of nitrogens with zero attached hydrogens (tertiary/aromatic N) is 1. The van der Waals surface area contributed by atoms with Crippen LogP contribution in [0, 0.1) is 11.8 Å². The zero-order chi connectivity index (χ0) is 14.7. The summed E-state index contributed by atoms with van der Waals surface area (Å²) in [6.07, 6.45) is 3.16. The molecule has 0 aliphatic heterocycles. The van der Waals surface area contributed by atoms with Gasteiger partial charge in [-0.15, -0.1) is 11.3 Å². The van der Waals surface area contributed by atoms with Gasteiger partial charge in [0.2, 0.25) is 5.91 Å². The minimum Gasteiger partial charge on any atom is -0.481 e. The highest BCUT2D eigenvalue weighted by Gasteiger charge is 2.38. The van der Waals surface area contributed by atoms with Gasteiger partial charge in [0, 0.05) is 11.9 Å². The van der Waals surface area contributed by atoms with Crippen molar-refractivity contribution in [1.82, 2.24) is 4.90 Å². The zero-order valence-electron chi connectivity index (χ0n) is 11.9. The average molecular weight is 295 g/mol. The molecule has 3 atom stereocenters. The highest BCUT2D eigenvalue weighted by molar-refractivity contribution is 7.10. The molecule has 1 aliphatic rings. The summed E-state index contributed by atoms with van der Waals surface area (Å²) in [4.78, 5) is 26.8. The molecule has 2 rings (SSSR count). The molecule has 20 heavy (non-hydrogen) atoms. The Bertz CT molecular complexity index is 471. The molecule has 0 radical (unpaired) electrons. The third-order valence-electron chi connectivity index (χ3n) is 4.28. The third kappa shape index (κ3) is 3.03. The number of thiophene rings is 1. The van der Waals surface area contributed by atoms with Crippen LogP contribution in [-0.2, 0) is 9.59 Å². The SMILES string of the molecule is CC(c1cccs1)N(C)C(=O)C1CCCCC1C(=O)O. The highest BCUT2D eigenvalue weighted by Crippen LogP contribution is 2.34. The largest absolute Gasteiger partial charge is 0.481 e.